The smallest absolute Gasteiger partial charge is 0.311 e. The third-order valence-electron chi connectivity index (χ3n) is 3.05. The van der Waals surface area contributed by atoms with Gasteiger partial charge in [0.1, 0.15) is 0 Å². The van der Waals surface area contributed by atoms with Crippen molar-refractivity contribution < 1.29 is 26.4 Å². The highest BCUT2D eigenvalue weighted by Crippen LogP contribution is 2.36. The Morgan fingerprint density at radius 2 is 1.88 bits per heavy atom. The number of carbonyl (C=O) groups is 1. The van der Waals surface area contributed by atoms with Crippen LogP contribution in [0.25, 0.3) is 0 Å². The number of nitrogens with one attached hydrogen (secondary N) is 1. The van der Waals surface area contributed by atoms with Crippen molar-refractivity contribution in [2.75, 3.05) is 32.1 Å². The molecule has 0 unspecified atom stereocenters. The Morgan fingerprint density at radius 1 is 1.29 bits per heavy atom. The molecule has 0 heterocycles. The minimum Gasteiger partial charge on any atom is -0.311 e. The van der Waals surface area contributed by atoms with Gasteiger partial charge in [0.25, 0.3) is 10.2 Å². The maximum atomic E-state index is 12.9. The SMILES string of the molecule is CC(=O)N(CCNS(=O)(=O)N(C)C)c1ccc(Cl)c(C(F)(F)F)c1. The van der Waals surface area contributed by atoms with E-state index in [1.165, 1.54) is 27.1 Å². The third-order valence-corrected chi connectivity index (χ3v) is 4.91. The van der Waals surface area contributed by atoms with Crippen molar-refractivity contribution in [1.82, 2.24) is 9.03 Å². The van der Waals surface area contributed by atoms with Gasteiger partial charge in [0, 0.05) is 39.8 Å². The predicted molar refractivity (Wildman–Crippen MR) is 85.1 cm³/mol. The molecule has 1 amide bonds. The number of amides is 1. The predicted octanol–water partition coefficient (Wildman–Crippen LogP) is 2.11. The van der Waals surface area contributed by atoms with E-state index in [-0.39, 0.29) is 18.8 Å². The highest BCUT2D eigenvalue weighted by molar-refractivity contribution is 7.87. The molecule has 0 aliphatic rings. The van der Waals surface area contributed by atoms with Gasteiger partial charge in [0.2, 0.25) is 5.91 Å². The van der Waals surface area contributed by atoms with E-state index in [4.69, 9.17) is 11.6 Å². The molecule has 1 aromatic rings. The van der Waals surface area contributed by atoms with Gasteiger partial charge in [-0.05, 0) is 18.2 Å². The van der Waals surface area contributed by atoms with E-state index in [1.807, 2.05) is 0 Å². The minimum atomic E-state index is -4.66. The molecular weight excluding hydrogens is 371 g/mol. The molecule has 0 spiro atoms. The molecule has 0 aromatic heterocycles. The molecule has 0 fully saturated rings. The van der Waals surface area contributed by atoms with Crippen LogP contribution in [0, 0.1) is 0 Å². The Balaban J connectivity index is 3.00. The first-order chi connectivity index (χ1) is 10.9. The van der Waals surface area contributed by atoms with Crippen molar-refractivity contribution in [3.05, 3.63) is 28.8 Å². The molecule has 0 saturated carbocycles. The lowest BCUT2D eigenvalue weighted by Gasteiger charge is -2.23. The highest BCUT2D eigenvalue weighted by atomic mass is 35.5. The second-order valence-electron chi connectivity index (χ2n) is 5.01. The van der Waals surface area contributed by atoms with Crippen LogP contribution >= 0.6 is 11.6 Å². The van der Waals surface area contributed by atoms with Crippen molar-refractivity contribution in [1.29, 1.82) is 0 Å². The van der Waals surface area contributed by atoms with Crippen LogP contribution in [-0.2, 0) is 21.2 Å². The number of carbonyl (C=O) groups excluding carboxylic acids is 1. The van der Waals surface area contributed by atoms with Crippen LogP contribution in [-0.4, -0.2) is 45.8 Å². The largest absolute Gasteiger partial charge is 0.417 e. The molecule has 0 aliphatic heterocycles. The van der Waals surface area contributed by atoms with E-state index in [1.54, 1.807) is 0 Å². The number of hydrogen-bond acceptors (Lipinski definition) is 3. The summed E-state index contributed by atoms with van der Waals surface area (Å²) in [6.45, 7) is 0.869. The van der Waals surface area contributed by atoms with Crippen LogP contribution in [0.4, 0.5) is 18.9 Å². The van der Waals surface area contributed by atoms with Gasteiger partial charge >= 0.3 is 6.18 Å². The zero-order valence-corrected chi connectivity index (χ0v) is 14.8. The van der Waals surface area contributed by atoms with Crippen molar-refractivity contribution in [3.8, 4) is 0 Å². The van der Waals surface area contributed by atoms with Gasteiger partial charge < -0.3 is 4.90 Å². The molecule has 11 heteroatoms. The summed E-state index contributed by atoms with van der Waals surface area (Å²) >= 11 is 5.54. The fourth-order valence-electron chi connectivity index (χ4n) is 1.78. The molecule has 0 atom stereocenters. The summed E-state index contributed by atoms with van der Waals surface area (Å²) in [5.74, 6) is -0.533. The normalized spacial score (nSPS) is 12.5. The average molecular weight is 388 g/mol. The average Bonchev–Trinajstić information content (AvgIpc) is 2.42. The van der Waals surface area contributed by atoms with Crippen molar-refractivity contribution in [2.24, 2.45) is 0 Å². The molecule has 0 saturated heterocycles. The fourth-order valence-corrected chi connectivity index (χ4v) is 2.61. The molecule has 0 radical (unpaired) electrons. The van der Waals surface area contributed by atoms with Crippen LogP contribution < -0.4 is 9.62 Å². The Bertz CT molecular complexity index is 708. The first kappa shape index (κ1) is 20.7. The zero-order chi connectivity index (χ0) is 18.7. The lowest BCUT2D eigenvalue weighted by Crippen LogP contribution is -2.41. The summed E-state index contributed by atoms with van der Waals surface area (Å²) in [5.41, 5.74) is -1.09. The first-order valence-corrected chi connectivity index (χ1v) is 8.50. The van der Waals surface area contributed by atoms with E-state index < -0.39 is 32.9 Å². The molecule has 1 aromatic carbocycles. The van der Waals surface area contributed by atoms with E-state index in [0.717, 1.165) is 21.3 Å². The Labute approximate surface area is 143 Å². The van der Waals surface area contributed by atoms with Crippen LogP contribution in [0.1, 0.15) is 12.5 Å². The highest BCUT2D eigenvalue weighted by Gasteiger charge is 2.34. The number of anilines is 1. The molecular formula is C13H17ClF3N3O3S. The summed E-state index contributed by atoms with van der Waals surface area (Å²) in [6.07, 6.45) is -4.66. The van der Waals surface area contributed by atoms with E-state index >= 15 is 0 Å². The van der Waals surface area contributed by atoms with Gasteiger partial charge in [-0.3, -0.25) is 4.79 Å². The number of hydrogen-bond donors (Lipinski definition) is 1. The van der Waals surface area contributed by atoms with E-state index in [2.05, 4.69) is 4.72 Å². The number of nitrogens with zero attached hydrogens (tertiary/aromatic N) is 2. The number of benzene rings is 1. The zero-order valence-electron chi connectivity index (χ0n) is 13.2. The van der Waals surface area contributed by atoms with Crippen molar-refractivity contribution in [3.63, 3.8) is 0 Å². The number of alkyl halides is 3. The summed E-state index contributed by atoms with van der Waals surface area (Å²) in [4.78, 5) is 12.7. The lowest BCUT2D eigenvalue weighted by molar-refractivity contribution is -0.137. The van der Waals surface area contributed by atoms with Gasteiger partial charge in [-0.25, -0.2) is 4.72 Å². The summed E-state index contributed by atoms with van der Waals surface area (Å²) in [7, 11) is -1.06. The van der Waals surface area contributed by atoms with E-state index in [0.29, 0.717) is 0 Å². The second kappa shape index (κ2) is 7.68. The van der Waals surface area contributed by atoms with Gasteiger partial charge in [0.05, 0.1) is 10.6 Å². The maximum absolute atomic E-state index is 12.9. The molecule has 136 valence electrons. The summed E-state index contributed by atoms with van der Waals surface area (Å²) in [5, 5.41) is -0.483. The van der Waals surface area contributed by atoms with Crippen LogP contribution in [0.3, 0.4) is 0 Å². The van der Waals surface area contributed by atoms with Crippen LogP contribution in [0.2, 0.25) is 5.02 Å². The van der Waals surface area contributed by atoms with Crippen LogP contribution in [0.5, 0.6) is 0 Å². The Kier molecular flexibility index (Phi) is 6.62. The number of halogens is 4. The third kappa shape index (κ3) is 5.33. The quantitative estimate of drug-likeness (QED) is 0.812. The van der Waals surface area contributed by atoms with Crippen LogP contribution in [0.15, 0.2) is 18.2 Å². The van der Waals surface area contributed by atoms with E-state index in [9.17, 15) is 26.4 Å². The maximum Gasteiger partial charge on any atom is 0.417 e. The van der Waals surface area contributed by atoms with Gasteiger partial charge in [0.15, 0.2) is 0 Å². The second-order valence-corrected chi connectivity index (χ2v) is 7.39. The molecule has 1 N–H and O–H groups in total. The van der Waals surface area contributed by atoms with Crippen molar-refractivity contribution >= 4 is 33.4 Å². The molecule has 24 heavy (non-hydrogen) atoms. The van der Waals surface area contributed by atoms with Gasteiger partial charge in [-0.2, -0.15) is 25.9 Å². The topological polar surface area (TPSA) is 69.7 Å². The monoisotopic (exact) mass is 387 g/mol. The standard InChI is InChI=1S/C13H17ClF3N3O3S/c1-9(21)20(7-6-18-24(22,23)19(2)3)10-4-5-12(14)11(8-10)13(15,16)17/h4-5,8,18H,6-7H2,1-3H3. The number of rotatable bonds is 6. The van der Waals surface area contributed by atoms with Gasteiger partial charge in [-0.1, -0.05) is 11.6 Å². The fraction of sp³-hybridized carbons (Fsp3) is 0.462. The van der Waals surface area contributed by atoms with Crippen molar-refractivity contribution in [2.45, 2.75) is 13.1 Å². The Hall–Kier alpha value is -1.36. The Morgan fingerprint density at radius 3 is 2.33 bits per heavy atom. The van der Waals surface area contributed by atoms with Gasteiger partial charge in [-0.15, -0.1) is 0 Å². The summed E-state index contributed by atoms with van der Waals surface area (Å²) in [6, 6.07) is 3.06. The lowest BCUT2D eigenvalue weighted by atomic mass is 10.1. The first-order valence-electron chi connectivity index (χ1n) is 6.68. The summed E-state index contributed by atoms with van der Waals surface area (Å²) < 4.78 is 65.1. The molecule has 6 nitrogen and oxygen atoms in total. The molecule has 0 aliphatic carbocycles. The molecule has 0 bridgehead atoms. The minimum absolute atomic E-state index is 0.0247. The molecule has 1 rings (SSSR count).